The first-order valence-corrected chi connectivity index (χ1v) is 11.7. The average Bonchev–Trinajstić information content (AvgIpc) is 3.21. The van der Waals surface area contributed by atoms with E-state index in [1.807, 2.05) is 22.6 Å². The molecule has 4 nitrogen and oxygen atoms in total. The molecular weight excluding hydrogens is 423 g/mol. The van der Waals surface area contributed by atoms with Gasteiger partial charge in [-0.1, -0.05) is 23.3 Å². The minimum atomic E-state index is -0.654. The van der Waals surface area contributed by atoms with Crippen LogP contribution in [0.4, 0.5) is 4.39 Å². The summed E-state index contributed by atoms with van der Waals surface area (Å²) in [7, 11) is 1.48. The average molecular weight is 449 g/mol. The lowest BCUT2D eigenvalue weighted by atomic mass is 9.64. The van der Waals surface area contributed by atoms with E-state index in [0.717, 1.165) is 41.8 Å². The second-order valence-electron chi connectivity index (χ2n) is 8.66. The molecule has 164 valence electrons. The van der Waals surface area contributed by atoms with Crippen LogP contribution in [0.15, 0.2) is 65.2 Å². The predicted octanol–water partition coefficient (Wildman–Crippen LogP) is 5.76. The first kappa shape index (κ1) is 21.0. The van der Waals surface area contributed by atoms with Gasteiger partial charge in [-0.15, -0.1) is 11.8 Å². The Hall–Kier alpha value is -2.86. The van der Waals surface area contributed by atoms with Crippen molar-refractivity contribution in [3.8, 4) is 5.69 Å². The fourth-order valence-electron chi connectivity index (χ4n) is 4.93. The zero-order valence-corrected chi connectivity index (χ0v) is 19.0. The van der Waals surface area contributed by atoms with Crippen molar-refractivity contribution in [3.05, 3.63) is 82.9 Å². The summed E-state index contributed by atoms with van der Waals surface area (Å²) in [6.07, 6.45) is 7.10. The van der Waals surface area contributed by atoms with Crippen LogP contribution < -0.4 is 0 Å². The quantitative estimate of drug-likeness (QED) is 0.476. The van der Waals surface area contributed by atoms with Gasteiger partial charge in [0.15, 0.2) is 0 Å². The molecule has 2 aliphatic carbocycles. The highest BCUT2D eigenvalue weighted by Crippen LogP contribution is 2.52. The third-order valence-corrected chi connectivity index (χ3v) is 7.87. The second-order valence-corrected chi connectivity index (χ2v) is 10.0. The van der Waals surface area contributed by atoms with E-state index in [0.29, 0.717) is 11.7 Å². The molecule has 0 spiro atoms. The summed E-state index contributed by atoms with van der Waals surface area (Å²) in [5.74, 6) is -0.444. The molecule has 0 unspecified atom stereocenters. The molecule has 2 aliphatic rings. The number of carbonyl (C=O) groups is 1. The molecule has 5 rings (SSSR count). The molecule has 0 N–H and O–H groups in total. The summed E-state index contributed by atoms with van der Waals surface area (Å²) >= 11 is 1.85. The van der Waals surface area contributed by atoms with Gasteiger partial charge in [0.1, 0.15) is 5.82 Å². The van der Waals surface area contributed by atoms with Crippen LogP contribution in [-0.4, -0.2) is 28.1 Å². The zero-order valence-electron chi connectivity index (χ0n) is 18.2. The lowest BCUT2D eigenvalue weighted by molar-refractivity contribution is -0.151. The predicted molar refractivity (Wildman–Crippen MR) is 124 cm³/mol. The van der Waals surface area contributed by atoms with Crippen molar-refractivity contribution in [2.45, 2.75) is 42.8 Å². The number of hydrogen-bond acceptors (Lipinski definition) is 4. The molecule has 0 saturated heterocycles. The van der Waals surface area contributed by atoms with Crippen molar-refractivity contribution in [2.24, 2.45) is 5.41 Å². The van der Waals surface area contributed by atoms with Gasteiger partial charge in [0, 0.05) is 10.1 Å². The lowest BCUT2D eigenvalue weighted by Crippen LogP contribution is -2.43. The van der Waals surface area contributed by atoms with Crippen LogP contribution in [0.5, 0.6) is 0 Å². The number of fused-ring (bicyclic) bond motifs is 2. The number of aromatic nitrogens is 2. The Morgan fingerprint density at radius 3 is 2.66 bits per heavy atom. The minimum absolute atomic E-state index is 0.168. The molecule has 0 radical (unpaired) electrons. The Morgan fingerprint density at radius 1 is 1.19 bits per heavy atom. The number of carbonyl (C=O) groups excluding carboxylic acids is 1. The molecule has 0 bridgehead atoms. The minimum Gasteiger partial charge on any atom is -0.468 e. The van der Waals surface area contributed by atoms with E-state index in [9.17, 15) is 9.18 Å². The molecule has 1 aromatic heterocycles. The maximum absolute atomic E-state index is 13.4. The SMILES string of the molecule is COC(=O)[C@]12Cc3cnn(-c4ccc(F)cc4)c3C=C1CC[C@@H](Sc1ccc(C)cc1)C2. The molecule has 1 saturated carbocycles. The molecule has 32 heavy (non-hydrogen) atoms. The summed E-state index contributed by atoms with van der Waals surface area (Å²) in [5, 5.41) is 4.89. The second kappa shape index (κ2) is 8.24. The van der Waals surface area contributed by atoms with E-state index in [1.165, 1.54) is 29.7 Å². The topological polar surface area (TPSA) is 44.1 Å². The molecule has 2 aromatic carbocycles. The molecule has 2 atom stereocenters. The van der Waals surface area contributed by atoms with Crippen LogP contribution in [0.2, 0.25) is 0 Å². The first-order valence-electron chi connectivity index (χ1n) is 10.8. The van der Waals surface area contributed by atoms with E-state index in [1.54, 1.807) is 12.1 Å². The number of rotatable bonds is 4. The number of thioether (sulfide) groups is 1. The molecule has 1 heterocycles. The number of halogens is 1. The summed E-state index contributed by atoms with van der Waals surface area (Å²) in [4.78, 5) is 14.4. The first-order chi connectivity index (χ1) is 15.5. The summed E-state index contributed by atoms with van der Waals surface area (Å²) < 4.78 is 20.5. The van der Waals surface area contributed by atoms with E-state index >= 15 is 0 Å². The van der Waals surface area contributed by atoms with E-state index < -0.39 is 5.41 Å². The van der Waals surface area contributed by atoms with Gasteiger partial charge in [-0.2, -0.15) is 5.10 Å². The monoisotopic (exact) mass is 448 g/mol. The van der Waals surface area contributed by atoms with Gasteiger partial charge in [0.25, 0.3) is 0 Å². The van der Waals surface area contributed by atoms with Crippen LogP contribution >= 0.6 is 11.8 Å². The van der Waals surface area contributed by atoms with Gasteiger partial charge < -0.3 is 4.74 Å². The maximum Gasteiger partial charge on any atom is 0.316 e. The fraction of sp³-hybridized carbons (Fsp3) is 0.308. The number of hydrogen-bond donors (Lipinski definition) is 0. The van der Waals surface area contributed by atoms with Gasteiger partial charge >= 0.3 is 5.97 Å². The molecule has 0 amide bonds. The Kier molecular flexibility index (Phi) is 5.41. The molecule has 3 aromatic rings. The van der Waals surface area contributed by atoms with Gasteiger partial charge in [-0.05, 0) is 80.6 Å². The van der Waals surface area contributed by atoms with Gasteiger partial charge in [0.2, 0.25) is 0 Å². The van der Waals surface area contributed by atoms with Crippen molar-refractivity contribution in [1.82, 2.24) is 9.78 Å². The third kappa shape index (κ3) is 3.66. The normalized spacial score (nSPS) is 22.0. The maximum atomic E-state index is 13.4. The third-order valence-electron chi connectivity index (χ3n) is 6.59. The van der Waals surface area contributed by atoms with Crippen molar-refractivity contribution >= 4 is 23.8 Å². The van der Waals surface area contributed by atoms with E-state index in [2.05, 4.69) is 42.4 Å². The summed E-state index contributed by atoms with van der Waals surface area (Å²) in [5.41, 5.74) is 4.49. The molecule has 0 aliphatic heterocycles. The number of nitrogens with zero attached hydrogens (tertiary/aromatic N) is 2. The number of benzene rings is 2. The van der Waals surface area contributed by atoms with Crippen LogP contribution in [0.3, 0.4) is 0 Å². The highest BCUT2D eigenvalue weighted by molar-refractivity contribution is 8.00. The Labute approximate surface area is 191 Å². The smallest absolute Gasteiger partial charge is 0.316 e. The molecular formula is C26H25FN2O2S. The van der Waals surface area contributed by atoms with Crippen LogP contribution in [-0.2, 0) is 16.0 Å². The van der Waals surface area contributed by atoms with Gasteiger partial charge in [-0.25, -0.2) is 9.07 Å². The largest absolute Gasteiger partial charge is 0.468 e. The van der Waals surface area contributed by atoms with Crippen LogP contribution in [0.25, 0.3) is 11.8 Å². The van der Waals surface area contributed by atoms with E-state index in [4.69, 9.17) is 4.74 Å². The van der Waals surface area contributed by atoms with Crippen molar-refractivity contribution in [1.29, 1.82) is 0 Å². The van der Waals surface area contributed by atoms with Gasteiger partial charge in [0.05, 0.1) is 30.1 Å². The van der Waals surface area contributed by atoms with Crippen LogP contribution in [0.1, 0.15) is 36.1 Å². The number of esters is 1. The zero-order chi connectivity index (χ0) is 22.3. The summed E-state index contributed by atoms with van der Waals surface area (Å²) in [6.45, 7) is 2.09. The summed E-state index contributed by atoms with van der Waals surface area (Å²) in [6, 6.07) is 14.9. The lowest BCUT2D eigenvalue weighted by Gasteiger charge is -2.42. The Bertz CT molecular complexity index is 1180. The van der Waals surface area contributed by atoms with E-state index in [-0.39, 0.29) is 11.8 Å². The number of ether oxygens (including phenoxy) is 1. The molecule has 1 fully saturated rings. The Morgan fingerprint density at radius 2 is 1.94 bits per heavy atom. The molecule has 6 heteroatoms. The number of methoxy groups -OCH3 is 1. The van der Waals surface area contributed by atoms with Gasteiger partial charge in [-0.3, -0.25) is 4.79 Å². The highest BCUT2D eigenvalue weighted by Gasteiger charge is 2.50. The fourth-order valence-corrected chi connectivity index (χ4v) is 6.21. The van der Waals surface area contributed by atoms with Crippen molar-refractivity contribution in [2.75, 3.05) is 7.11 Å². The standard InChI is InChI=1S/C26H25FN2O2S/c1-17-3-10-22(11-4-17)32-23-12-5-19-13-24-18(14-26(19,15-23)25(30)31-2)16-28-29(24)21-8-6-20(27)7-9-21/h3-4,6-11,13,16,23H,5,12,14-15H2,1-2H3/t23-,26+/m1/s1. The van der Waals surface area contributed by atoms with Crippen LogP contribution in [0, 0.1) is 18.2 Å². The van der Waals surface area contributed by atoms with Crippen molar-refractivity contribution in [3.63, 3.8) is 0 Å². The highest BCUT2D eigenvalue weighted by atomic mass is 32.2. The number of aryl methyl sites for hydroxylation is 1. The Balaban J connectivity index is 1.48. The van der Waals surface area contributed by atoms with Crippen molar-refractivity contribution < 1.29 is 13.9 Å².